The van der Waals surface area contributed by atoms with Crippen LogP contribution < -0.4 is 10.6 Å². The molecule has 0 spiro atoms. The Morgan fingerprint density at radius 2 is 2.24 bits per heavy atom. The van der Waals surface area contributed by atoms with Crippen LogP contribution in [-0.4, -0.2) is 9.49 Å². The molecule has 7 heteroatoms. The highest BCUT2D eigenvalue weighted by Crippen LogP contribution is 2.22. The Morgan fingerprint density at radius 1 is 1.47 bits per heavy atom. The maximum atomic E-state index is 11.3. The summed E-state index contributed by atoms with van der Waals surface area (Å²) in [5.74, 6) is 0. The van der Waals surface area contributed by atoms with Crippen molar-refractivity contribution in [2.45, 2.75) is 6.54 Å². The molecular weight excluding hydrogens is 242 g/mol. The van der Waals surface area contributed by atoms with Gasteiger partial charge < -0.3 is 10.3 Å². The van der Waals surface area contributed by atoms with Crippen molar-refractivity contribution >= 4 is 22.7 Å². The van der Waals surface area contributed by atoms with Crippen LogP contribution in [0.25, 0.3) is 0 Å². The second-order valence-corrected chi connectivity index (χ2v) is 4.30. The Morgan fingerprint density at radius 3 is 2.76 bits per heavy atom. The van der Waals surface area contributed by atoms with Crippen LogP contribution in [0.2, 0.25) is 0 Å². The molecular formula is C10H9N3O3S. The molecule has 17 heavy (non-hydrogen) atoms. The van der Waals surface area contributed by atoms with Crippen molar-refractivity contribution in [1.29, 1.82) is 0 Å². The van der Waals surface area contributed by atoms with Gasteiger partial charge in [-0.3, -0.25) is 14.9 Å². The molecule has 88 valence electrons. The molecule has 0 bridgehead atoms. The summed E-state index contributed by atoms with van der Waals surface area (Å²) in [6.07, 6.45) is 1.67. The molecule has 0 saturated carbocycles. The first-order chi connectivity index (χ1) is 8.08. The number of nitro benzene ring substituents is 1. The molecule has 0 atom stereocenters. The van der Waals surface area contributed by atoms with Crippen LogP contribution in [0.5, 0.6) is 0 Å². The summed E-state index contributed by atoms with van der Waals surface area (Å²) in [4.78, 5) is 21.3. The van der Waals surface area contributed by atoms with Crippen molar-refractivity contribution in [3.8, 4) is 0 Å². The van der Waals surface area contributed by atoms with Crippen molar-refractivity contribution in [3.63, 3.8) is 0 Å². The number of nitro groups is 1. The zero-order chi connectivity index (χ0) is 12.4. The Kier molecular flexibility index (Phi) is 2.92. The van der Waals surface area contributed by atoms with Gasteiger partial charge in [-0.15, -0.1) is 0 Å². The summed E-state index contributed by atoms with van der Waals surface area (Å²) >= 11 is 1.10. The Balaban J connectivity index is 2.30. The highest BCUT2D eigenvalue weighted by atomic mass is 32.1. The fourth-order valence-electron chi connectivity index (χ4n) is 1.47. The molecule has 0 saturated heterocycles. The molecule has 0 unspecified atom stereocenters. The third-order valence-electron chi connectivity index (χ3n) is 2.29. The van der Waals surface area contributed by atoms with Gasteiger partial charge >= 0.3 is 4.87 Å². The summed E-state index contributed by atoms with van der Waals surface area (Å²) in [7, 11) is 0. The number of nitrogens with two attached hydrogens (primary N) is 1. The normalized spacial score (nSPS) is 10.4. The molecule has 0 radical (unpaired) electrons. The van der Waals surface area contributed by atoms with E-state index in [4.69, 9.17) is 5.73 Å². The zero-order valence-corrected chi connectivity index (χ0v) is 9.52. The fourth-order valence-corrected chi connectivity index (χ4v) is 2.06. The molecule has 0 aliphatic rings. The van der Waals surface area contributed by atoms with Crippen LogP contribution in [0.4, 0.5) is 11.4 Å². The van der Waals surface area contributed by atoms with E-state index in [1.807, 2.05) is 0 Å². The molecule has 1 aromatic heterocycles. The number of thiazole rings is 1. The molecule has 0 aliphatic carbocycles. The lowest BCUT2D eigenvalue weighted by molar-refractivity contribution is -0.383. The van der Waals surface area contributed by atoms with E-state index in [1.165, 1.54) is 16.7 Å². The van der Waals surface area contributed by atoms with Gasteiger partial charge in [0.1, 0.15) is 5.69 Å². The van der Waals surface area contributed by atoms with Gasteiger partial charge in [0, 0.05) is 17.6 Å². The highest BCUT2D eigenvalue weighted by molar-refractivity contribution is 7.07. The zero-order valence-electron chi connectivity index (χ0n) is 8.70. The minimum Gasteiger partial charge on any atom is -0.393 e. The van der Waals surface area contributed by atoms with E-state index in [2.05, 4.69) is 0 Å². The van der Waals surface area contributed by atoms with Crippen LogP contribution in [0, 0.1) is 10.1 Å². The van der Waals surface area contributed by atoms with Gasteiger partial charge in [0.05, 0.1) is 11.5 Å². The molecule has 2 N–H and O–H groups in total. The van der Waals surface area contributed by atoms with Crippen molar-refractivity contribution in [3.05, 3.63) is 55.1 Å². The summed E-state index contributed by atoms with van der Waals surface area (Å²) < 4.78 is 1.52. The average Bonchev–Trinajstić information content (AvgIpc) is 2.64. The minimum absolute atomic E-state index is 0.0677. The number of rotatable bonds is 3. The second kappa shape index (κ2) is 4.38. The van der Waals surface area contributed by atoms with Gasteiger partial charge in [-0.25, -0.2) is 0 Å². The Bertz CT molecular complexity index is 617. The number of nitrogens with zero attached hydrogens (tertiary/aromatic N) is 2. The lowest BCUT2D eigenvalue weighted by Gasteiger charge is -2.03. The van der Waals surface area contributed by atoms with Crippen LogP contribution in [-0.2, 0) is 6.54 Å². The van der Waals surface area contributed by atoms with Gasteiger partial charge in [-0.2, -0.15) is 0 Å². The quantitative estimate of drug-likeness (QED) is 0.507. The first kappa shape index (κ1) is 11.3. The number of hydrogen-bond donors (Lipinski definition) is 1. The van der Waals surface area contributed by atoms with Crippen molar-refractivity contribution < 1.29 is 4.92 Å². The van der Waals surface area contributed by atoms with Crippen molar-refractivity contribution in [1.82, 2.24) is 4.57 Å². The lowest BCUT2D eigenvalue weighted by Crippen LogP contribution is -2.12. The summed E-state index contributed by atoms with van der Waals surface area (Å²) in [5.41, 5.74) is 6.31. The molecule has 1 aromatic carbocycles. The number of nitrogen functional groups attached to an aromatic ring is 1. The smallest absolute Gasteiger partial charge is 0.307 e. The van der Waals surface area contributed by atoms with Crippen molar-refractivity contribution in [2.75, 3.05) is 5.73 Å². The van der Waals surface area contributed by atoms with Gasteiger partial charge in [-0.1, -0.05) is 17.4 Å². The topological polar surface area (TPSA) is 91.2 Å². The van der Waals surface area contributed by atoms with Gasteiger partial charge in [0.2, 0.25) is 0 Å². The second-order valence-electron chi connectivity index (χ2n) is 3.45. The first-order valence-electron chi connectivity index (χ1n) is 4.74. The van der Waals surface area contributed by atoms with E-state index < -0.39 is 4.92 Å². The molecule has 0 fully saturated rings. The van der Waals surface area contributed by atoms with Crippen LogP contribution >= 0.6 is 11.3 Å². The third-order valence-corrected chi connectivity index (χ3v) is 2.98. The molecule has 2 aromatic rings. The maximum Gasteiger partial charge on any atom is 0.307 e. The fraction of sp³-hybridized carbons (Fsp3) is 0.100. The number of anilines is 1. The van der Waals surface area contributed by atoms with E-state index in [1.54, 1.807) is 17.6 Å². The van der Waals surface area contributed by atoms with Crippen molar-refractivity contribution in [2.24, 2.45) is 0 Å². The predicted molar refractivity (Wildman–Crippen MR) is 65.2 cm³/mol. The van der Waals surface area contributed by atoms with E-state index in [0.717, 1.165) is 16.9 Å². The number of aromatic nitrogens is 1. The first-order valence-corrected chi connectivity index (χ1v) is 5.62. The lowest BCUT2D eigenvalue weighted by atomic mass is 10.2. The van der Waals surface area contributed by atoms with Gasteiger partial charge in [-0.05, 0) is 11.6 Å². The number of hydrogen-bond acceptors (Lipinski definition) is 5. The van der Waals surface area contributed by atoms with Gasteiger partial charge in [0.15, 0.2) is 0 Å². The van der Waals surface area contributed by atoms with Crippen LogP contribution in [0.3, 0.4) is 0 Å². The molecule has 6 nitrogen and oxygen atoms in total. The summed E-state index contributed by atoms with van der Waals surface area (Å²) in [6, 6.07) is 4.46. The summed E-state index contributed by atoms with van der Waals surface area (Å²) in [5, 5.41) is 12.3. The van der Waals surface area contributed by atoms with Gasteiger partial charge in [0.25, 0.3) is 5.69 Å². The monoisotopic (exact) mass is 251 g/mol. The molecule has 0 aliphatic heterocycles. The maximum absolute atomic E-state index is 11.3. The number of benzene rings is 1. The Hall–Kier alpha value is -2.15. The highest BCUT2D eigenvalue weighted by Gasteiger charge is 2.11. The van der Waals surface area contributed by atoms with E-state index in [9.17, 15) is 14.9 Å². The molecule has 2 rings (SSSR count). The standard InChI is InChI=1S/C10H9N3O3S/c11-8-5-7(1-2-9(8)13(15)16)6-12-3-4-17-10(12)14/h1-5H,6,11H2. The Labute approximate surface area is 100 Å². The predicted octanol–water partition coefficient (Wildman–Crippen LogP) is 1.45. The molecule has 1 heterocycles. The van der Waals surface area contributed by atoms with E-state index >= 15 is 0 Å². The summed E-state index contributed by atoms with van der Waals surface area (Å²) in [6.45, 7) is 0.366. The molecule has 0 amide bonds. The van der Waals surface area contributed by atoms with Crippen LogP contribution in [0.1, 0.15) is 5.56 Å². The third kappa shape index (κ3) is 2.34. The minimum atomic E-state index is -0.532. The van der Waals surface area contributed by atoms with Crippen LogP contribution in [0.15, 0.2) is 34.6 Å². The van der Waals surface area contributed by atoms with E-state index in [0.29, 0.717) is 6.54 Å². The SMILES string of the molecule is Nc1cc(Cn2ccsc2=O)ccc1[N+](=O)[O-]. The van der Waals surface area contributed by atoms with E-state index in [-0.39, 0.29) is 16.2 Å². The largest absolute Gasteiger partial charge is 0.393 e. The average molecular weight is 251 g/mol.